The van der Waals surface area contributed by atoms with Crippen LogP contribution in [-0.2, 0) is 14.3 Å². The molecule has 3 unspecified atom stereocenters. The van der Waals surface area contributed by atoms with Gasteiger partial charge in [0.05, 0.1) is 17.7 Å². The number of aliphatic hydroxyl groups is 1. The quantitative estimate of drug-likeness (QED) is 0.827. The Morgan fingerprint density at radius 2 is 1.93 bits per heavy atom. The van der Waals surface area contributed by atoms with Crippen LogP contribution in [0.3, 0.4) is 0 Å². The van der Waals surface area contributed by atoms with E-state index in [0.29, 0.717) is 13.0 Å². The minimum absolute atomic E-state index is 0.00211. The van der Waals surface area contributed by atoms with Crippen LogP contribution < -0.4 is 5.32 Å². The lowest BCUT2D eigenvalue weighted by atomic mass is 9.79. The van der Waals surface area contributed by atoms with Crippen LogP contribution in [0.4, 0.5) is 0 Å². The Morgan fingerprint density at radius 3 is 2.56 bits per heavy atom. The molecule has 2 amide bonds. The van der Waals surface area contributed by atoms with Gasteiger partial charge in [-0.3, -0.25) is 9.59 Å². The maximum absolute atomic E-state index is 12.8. The summed E-state index contributed by atoms with van der Waals surface area (Å²) in [6.45, 7) is 2.15. The molecule has 2 aliphatic rings. The number of hydrogen-bond donors (Lipinski definition) is 2. The molecule has 3 atom stereocenters. The van der Waals surface area contributed by atoms with Gasteiger partial charge in [-0.15, -0.1) is 0 Å². The van der Waals surface area contributed by atoms with Crippen molar-refractivity contribution in [2.24, 2.45) is 5.92 Å². The first kappa shape index (κ1) is 19.8. The van der Waals surface area contributed by atoms with E-state index in [2.05, 4.69) is 5.32 Å². The Bertz CT molecular complexity index is 655. The molecule has 3 rings (SSSR count). The van der Waals surface area contributed by atoms with Crippen molar-refractivity contribution in [2.75, 3.05) is 20.3 Å². The minimum Gasteiger partial charge on any atom is -0.388 e. The highest BCUT2D eigenvalue weighted by atomic mass is 16.5. The lowest BCUT2D eigenvalue weighted by Gasteiger charge is -2.49. The largest absolute Gasteiger partial charge is 0.388 e. The zero-order chi connectivity index (χ0) is 19.4. The van der Waals surface area contributed by atoms with Crippen LogP contribution in [0, 0.1) is 5.92 Å². The molecule has 1 aliphatic heterocycles. The summed E-state index contributed by atoms with van der Waals surface area (Å²) in [5.41, 5.74) is -0.197. The van der Waals surface area contributed by atoms with Crippen molar-refractivity contribution >= 4 is 11.8 Å². The van der Waals surface area contributed by atoms with E-state index in [4.69, 9.17) is 4.74 Å². The molecular formula is C21H30N2O4. The molecule has 1 aliphatic carbocycles. The highest BCUT2D eigenvalue weighted by Crippen LogP contribution is 2.38. The van der Waals surface area contributed by atoms with Crippen LogP contribution in [-0.4, -0.2) is 53.7 Å². The average Bonchev–Trinajstić information content (AvgIpc) is 3.18. The summed E-state index contributed by atoms with van der Waals surface area (Å²) in [5, 5.41) is 14.2. The zero-order valence-electron chi connectivity index (χ0n) is 16.2. The summed E-state index contributed by atoms with van der Waals surface area (Å²) in [7, 11) is 1.49. The van der Waals surface area contributed by atoms with E-state index in [1.807, 2.05) is 30.3 Å². The molecular weight excluding hydrogens is 344 g/mol. The summed E-state index contributed by atoms with van der Waals surface area (Å²) >= 11 is 0. The zero-order valence-corrected chi connectivity index (χ0v) is 16.2. The maximum Gasteiger partial charge on any atom is 0.249 e. The Labute approximate surface area is 160 Å². The topological polar surface area (TPSA) is 78.9 Å². The third kappa shape index (κ3) is 4.33. The highest BCUT2D eigenvalue weighted by molar-refractivity contribution is 5.81. The number of rotatable bonds is 5. The highest BCUT2D eigenvalue weighted by Gasteiger charge is 2.48. The number of amides is 2. The van der Waals surface area contributed by atoms with E-state index in [-0.39, 0.29) is 24.3 Å². The molecule has 0 spiro atoms. The van der Waals surface area contributed by atoms with Gasteiger partial charge in [-0.25, -0.2) is 0 Å². The van der Waals surface area contributed by atoms with E-state index in [0.717, 1.165) is 31.2 Å². The first-order valence-corrected chi connectivity index (χ1v) is 9.80. The summed E-state index contributed by atoms with van der Waals surface area (Å²) in [5.74, 6) is -0.149. The van der Waals surface area contributed by atoms with E-state index < -0.39 is 17.7 Å². The second-order valence-corrected chi connectivity index (χ2v) is 7.95. The molecule has 1 aromatic rings. The van der Waals surface area contributed by atoms with Crippen LogP contribution in [0.2, 0.25) is 0 Å². The van der Waals surface area contributed by atoms with Crippen molar-refractivity contribution < 1.29 is 19.4 Å². The lowest BCUT2D eigenvalue weighted by molar-refractivity contribution is -0.150. The summed E-state index contributed by atoms with van der Waals surface area (Å²) in [6, 6.07) is 8.62. The molecule has 1 saturated heterocycles. The number of hydrogen-bond acceptors (Lipinski definition) is 4. The Balaban J connectivity index is 1.93. The van der Waals surface area contributed by atoms with Gasteiger partial charge in [0.2, 0.25) is 11.8 Å². The number of benzene rings is 1. The van der Waals surface area contributed by atoms with E-state index in [1.165, 1.54) is 7.11 Å². The number of nitrogens with zero attached hydrogens (tertiary/aromatic N) is 1. The number of carbonyl (C=O) groups excluding carboxylic acids is 2. The molecule has 2 fully saturated rings. The van der Waals surface area contributed by atoms with Gasteiger partial charge in [-0.2, -0.15) is 0 Å². The number of piperidine rings is 1. The van der Waals surface area contributed by atoms with Gasteiger partial charge in [0.15, 0.2) is 0 Å². The standard InChI is InChI=1S/C21H30N2O4/c1-21(26)12-13-23(17(24)14-27-2)18(15-8-4-3-5-9-15)19(21)22-20(25)16-10-6-7-11-16/h3-5,8-9,16,18-19,26H,6-7,10-14H2,1-2H3,(H,22,25). The fourth-order valence-corrected chi connectivity index (χ4v) is 4.36. The molecule has 6 nitrogen and oxygen atoms in total. The molecule has 1 heterocycles. The van der Waals surface area contributed by atoms with Crippen molar-refractivity contribution in [3.8, 4) is 0 Å². The van der Waals surface area contributed by atoms with Crippen molar-refractivity contribution in [3.63, 3.8) is 0 Å². The minimum atomic E-state index is -1.10. The molecule has 1 saturated carbocycles. The third-order valence-electron chi connectivity index (χ3n) is 5.93. The lowest BCUT2D eigenvalue weighted by Crippen LogP contribution is -2.64. The van der Waals surface area contributed by atoms with Crippen LogP contribution >= 0.6 is 0 Å². The van der Waals surface area contributed by atoms with Crippen molar-refractivity contribution in [1.82, 2.24) is 10.2 Å². The molecule has 6 heteroatoms. The van der Waals surface area contributed by atoms with Gasteiger partial charge in [0.25, 0.3) is 0 Å². The predicted octanol–water partition coefficient (Wildman–Crippen LogP) is 2.03. The van der Waals surface area contributed by atoms with E-state index in [1.54, 1.807) is 11.8 Å². The van der Waals surface area contributed by atoms with Gasteiger partial charge in [-0.05, 0) is 31.7 Å². The fourth-order valence-electron chi connectivity index (χ4n) is 4.36. The average molecular weight is 374 g/mol. The summed E-state index contributed by atoms with van der Waals surface area (Å²) < 4.78 is 5.05. The number of methoxy groups -OCH3 is 1. The molecule has 1 aromatic carbocycles. The number of likely N-dealkylation sites (tertiary alicyclic amines) is 1. The van der Waals surface area contributed by atoms with E-state index >= 15 is 0 Å². The first-order valence-electron chi connectivity index (χ1n) is 9.80. The SMILES string of the molecule is COCC(=O)N1CCC(C)(O)C(NC(=O)C2CCCC2)C1c1ccccc1. The number of carbonyl (C=O) groups is 2. The van der Waals surface area contributed by atoms with Gasteiger partial charge in [0.1, 0.15) is 6.61 Å². The van der Waals surface area contributed by atoms with Gasteiger partial charge in [-0.1, -0.05) is 43.2 Å². The van der Waals surface area contributed by atoms with Crippen molar-refractivity contribution in [2.45, 2.75) is 56.7 Å². The van der Waals surface area contributed by atoms with Gasteiger partial charge < -0.3 is 20.1 Å². The van der Waals surface area contributed by atoms with Crippen LogP contribution in [0.1, 0.15) is 50.6 Å². The maximum atomic E-state index is 12.8. The fraction of sp³-hybridized carbons (Fsp3) is 0.619. The molecule has 148 valence electrons. The first-order chi connectivity index (χ1) is 12.9. The predicted molar refractivity (Wildman–Crippen MR) is 102 cm³/mol. The van der Waals surface area contributed by atoms with Crippen molar-refractivity contribution in [1.29, 1.82) is 0 Å². The van der Waals surface area contributed by atoms with E-state index in [9.17, 15) is 14.7 Å². The van der Waals surface area contributed by atoms with Crippen LogP contribution in [0.25, 0.3) is 0 Å². The molecule has 2 N–H and O–H groups in total. The van der Waals surface area contributed by atoms with Gasteiger partial charge >= 0.3 is 0 Å². The van der Waals surface area contributed by atoms with Gasteiger partial charge in [0, 0.05) is 19.6 Å². The Morgan fingerprint density at radius 1 is 1.26 bits per heavy atom. The summed E-state index contributed by atoms with van der Waals surface area (Å²) in [4.78, 5) is 27.2. The second-order valence-electron chi connectivity index (χ2n) is 7.95. The monoisotopic (exact) mass is 374 g/mol. The molecule has 0 aromatic heterocycles. The van der Waals surface area contributed by atoms with Crippen LogP contribution in [0.5, 0.6) is 0 Å². The normalized spacial score (nSPS) is 28.9. The Hall–Kier alpha value is -1.92. The smallest absolute Gasteiger partial charge is 0.249 e. The van der Waals surface area contributed by atoms with Crippen molar-refractivity contribution in [3.05, 3.63) is 35.9 Å². The van der Waals surface area contributed by atoms with Crippen LogP contribution in [0.15, 0.2) is 30.3 Å². The third-order valence-corrected chi connectivity index (χ3v) is 5.93. The Kier molecular flexibility index (Phi) is 6.17. The number of nitrogens with one attached hydrogen (secondary N) is 1. The molecule has 0 bridgehead atoms. The second kappa shape index (κ2) is 8.40. The number of ether oxygens (including phenoxy) is 1. The summed E-state index contributed by atoms with van der Waals surface area (Å²) in [6.07, 6.45) is 4.33. The molecule has 27 heavy (non-hydrogen) atoms. The molecule has 0 radical (unpaired) electrons.